The molecule has 2 aromatic heterocycles. The largest absolute Gasteiger partial charge is 0.508 e. The van der Waals surface area contributed by atoms with Crippen LogP contribution < -0.4 is 10.2 Å². The highest BCUT2D eigenvalue weighted by molar-refractivity contribution is 7.80. The lowest BCUT2D eigenvalue weighted by atomic mass is 9.96. The van der Waals surface area contributed by atoms with Crippen molar-refractivity contribution in [2.75, 3.05) is 4.90 Å². The van der Waals surface area contributed by atoms with E-state index >= 15 is 0 Å². The molecule has 6 nitrogen and oxygen atoms in total. The summed E-state index contributed by atoms with van der Waals surface area (Å²) in [5, 5.41) is 24.4. The Morgan fingerprint density at radius 2 is 1.67 bits per heavy atom. The van der Waals surface area contributed by atoms with Crippen LogP contribution in [0.5, 0.6) is 11.5 Å². The van der Waals surface area contributed by atoms with Crippen molar-refractivity contribution in [2.45, 2.75) is 25.9 Å². The molecule has 7 heteroatoms. The summed E-state index contributed by atoms with van der Waals surface area (Å²) in [6, 6.07) is 22.0. The van der Waals surface area contributed by atoms with Crippen molar-refractivity contribution in [3.8, 4) is 17.2 Å². The van der Waals surface area contributed by atoms with E-state index < -0.39 is 0 Å². The molecule has 1 saturated heterocycles. The number of thiocarbonyl (C=S) groups is 1. The lowest BCUT2D eigenvalue weighted by molar-refractivity contribution is 0.472. The van der Waals surface area contributed by atoms with Crippen LogP contribution in [-0.4, -0.2) is 24.9 Å². The third kappa shape index (κ3) is 3.60. The van der Waals surface area contributed by atoms with Gasteiger partial charge in [-0.25, -0.2) is 0 Å². The third-order valence-corrected chi connectivity index (χ3v) is 6.45. The molecule has 0 aliphatic carbocycles. The summed E-state index contributed by atoms with van der Waals surface area (Å²) >= 11 is 5.77. The van der Waals surface area contributed by atoms with Crippen LogP contribution in [0, 0.1) is 13.8 Å². The zero-order valence-corrected chi connectivity index (χ0v) is 19.1. The summed E-state index contributed by atoms with van der Waals surface area (Å²) in [4.78, 5) is 6.58. The molecule has 0 radical (unpaired) electrons. The highest BCUT2D eigenvalue weighted by Gasteiger charge is 2.43. The lowest BCUT2D eigenvalue weighted by Gasteiger charge is -2.28. The third-order valence-electron chi connectivity index (χ3n) is 6.14. The lowest BCUT2D eigenvalue weighted by Crippen LogP contribution is -2.29. The number of benzene rings is 2. The molecule has 1 fully saturated rings. The summed E-state index contributed by atoms with van der Waals surface area (Å²) in [7, 11) is 0. The summed E-state index contributed by atoms with van der Waals surface area (Å²) in [5.41, 5.74) is 5.67. The van der Waals surface area contributed by atoms with Gasteiger partial charge in [-0.15, -0.1) is 0 Å². The second-order valence-corrected chi connectivity index (χ2v) is 8.55. The number of phenols is 2. The first-order valence-corrected chi connectivity index (χ1v) is 11.1. The van der Waals surface area contributed by atoms with Gasteiger partial charge >= 0.3 is 0 Å². The number of anilines is 1. The van der Waals surface area contributed by atoms with E-state index in [1.807, 2.05) is 47.4 Å². The first-order chi connectivity index (χ1) is 16.0. The molecule has 0 amide bonds. The minimum absolute atomic E-state index is 0.167. The van der Waals surface area contributed by atoms with Crippen LogP contribution in [0.2, 0.25) is 0 Å². The number of hydrogen-bond acceptors (Lipinski definition) is 4. The van der Waals surface area contributed by atoms with E-state index in [9.17, 15) is 10.2 Å². The van der Waals surface area contributed by atoms with Gasteiger partial charge in [0.1, 0.15) is 11.5 Å². The van der Waals surface area contributed by atoms with Gasteiger partial charge in [-0.1, -0.05) is 18.2 Å². The summed E-state index contributed by atoms with van der Waals surface area (Å²) in [6.07, 6.45) is 1.78. The second-order valence-electron chi connectivity index (χ2n) is 8.16. The first-order valence-electron chi connectivity index (χ1n) is 10.7. The Bertz CT molecular complexity index is 1320. The molecular formula is C26H24N4O2S. The zero-order chi connectivity index (χ0) is 23.1. The quantitative estimate of drug-likeness (QED) is 0.372. The number of aromatic nitrogens is 2. The predicted octanol–water partition coefficient (Wildman–Crippen LogP) is 5.08. The molecule has 0 saturated carbocycles. The molecule has 3 heterocycles. The van der Waals surface area contributed by atoms with Gasteiger partial charge < -0.3 is 25.0 Å². The van der Waals surface area contributed by atoms with Crippen molar-refractivity contribution < 1.29 is 10.2 Å². The summed E-state index contributed by atoms with van der Waals surface area (Å²) in [6.45, 7) is 4.14. The van der Waals surface area contributed by atoms with Gasteiger partial charge in [0.15, 0.2) is 5.11 Å². The highest BCUT2D eigenvalue weighted by Crippen LogP contribution is 2.45. The fourth-order valence-corrected chi connectivity index (χ4v) is 5.02. The molecule has 2 atom stereocenters. The van der Waals surface area contributed by atoms with Crippen LogP contribution in [0.15, 0.2) is 79.0 Å². The smallest absolute Gasteiger partial charge is 0.174 e. The Morgan fingerprint density at radius 3 is 2.36 bits per heavy atom. The van der Waals surface area contributed by atoms with Gasteiger partial charge in [-0.05, 0) is 86.2 Å². The number of rotatable bonds is 4. The standard InChI is InChI=1S/C26H24N4O2S/c1-16-15-20(17(2)29(16)18-10-12-19(31)13-11-18)25-24(21-7-5-6-14-27-21)28-26(33)30(25)22-8-3-4-9-23(22)32/h3-15,24-25,31-32H,1-2H3,(H,28,33)/t24-,25-/m0/s1. The van der Waals surface area contributed by atoms with Crippen molar-refractivity contribution in [2.24, 2.45) is 0 Å². The van der Waals surface area contributed by atoms with E-state index in [-0.39, 0.29) is 23.6 Å². The number of pyridine rings is 1. The van der Waals surface area contributed by atoms with Crippen molar-refractivity contribution >= 4 is 23.0 Å². The van der Waals surface area contributed by atoms with Gasteiger partial charge in [0, 0.05) is 23.3 Å². The molecule has 0 bridgehead atoms. The Morgan fingerprint density at radius 1 is 0.939 bits per heavy atom. The molecule has 0 spiro atoms. The Hall–Kier alpha value is -3.84. The molecule has 33 heavy (non-hydrogen) atoms. The fraction of sp³-hybridized carbons (Fsp3) is 0.154. The molecule has 1 aliphatic rings. The van der Waals surface area contributed by atoms with E-state index in [0.29, 0.717) is 10.8 Å². The van der Waals surface area contributed by atoms with Gasteiger partial charge in [0.05, 0.1) is 23.5 Å². The number of phenolic OH excluding ortho intramolecular Hbond substituents is 2. The first kappa shape index (κ1) is 21.0. The van der Waals surface area contributed by atoms with Gasteiger partial charge in [0.2, 0.25) is 0 Å². The Balaban J connectivity index is 1.69. The van der Waals surface area contributed by atoms with Crippen LogP contribution in [0.1, 0.15) is 34.7 Å². The summed E-state index contributed by atoms with van der Waals surface area (Å²) in [5.74, 6) is 0.397. The number of aryl methyl sites for hydroxylation is 1. The Kier molecular flexibility index (Phi) is 5.26. The maximum Gasteiger partial charge on any atom is 0.174 e. The zero-order valence-electron chi connectivity index (χ0n) is 18.3. The van der Waals surface area contributed by atoms with E-state index in [0.717, 1.165) is 28.3 Å². The number of nitrogens with one attached hydrogen (secondary N) is 1. The molecule has 166 valence electrons. The monoisotopic (exact) mass is 456 g/mol. The van der Waals surface area contributed by atoms with E-state index in [1.54, 1.807) is 30.5 Å². The van der Waals surface area contributed by atoms with Crippen molar-refractivity contribution in [3.63, 3.8) is 0 Å². The SMILES string of the molecule is Cc1cc([C@H]2[C@H](c3ccccn3)NC(=S)N2c2ccccc2O)c(C)n1-c1ccc(O)cc1. The average Bonchev–Trinajstić information content (AvgIpc) is 3.31. The average molecular weight is 457 g/mol. The van der Waals surface area contributed by atoms with Crippen molar-refractivity contribution in [1.29, 1.82) is 0 Å². The molecule has 0 unspecified atom stereocenters. The second kappa shape index (κ2) is 8.26. The van der Waals surface area contributed by atoms with Crippen LogP contribution >= 0.6 is 12.2 Å². The van der Waals surface area contributed by atoms with Gasteiger partial charge in [-0.2, -0.15) is 0 Å². The van der Waals surface area contributed by atoms with Gasteiger partial charge in [0.25, 0.3) is 0 Å². The fourth-order valence-electron chi connectivity index (χ4n) is 4.68. The molecule has 5 rings (SSSR count). The predicted molar refractivity (Wildman–Crippen MR) is 133 cm³/mol. The summed E-state index contributed by atoms with van der Waals surface area (Å²) < 4.78 is 2.16. The van der Waals surface area contributed by atoms with Crippen molar-refractivity contribution in [1.82, 2.24) is 14.9 Å². The Labute approximate surface area is 197 Å². The van der Waals surface area contributed by atoms with Crippen LogP contribution in [-0.2, 0) is 0 Å². The normalized spacial score (nSPS) is 17.9. The van der Waals surface area contributed by atoms with Crippen LogP contribution in [0.3, 0.4) is 0 Å². The van der Waals surface area contributed by atoms with E-state index in [1.165, 1.54) is 0 Å². The number of nitrogens with zero attached hydrogens (tertiary/aromatic N) is 3. The number of para-hydroxylation sites is 2. The molecular weight excluding hydrogens is 432 g/mol. The molecule has 4 aromatic rings. The number of hydrogen-bond donors (Lipinski definition) is 3. The molecule has 3 N–H and O–H groups in total. The topological polar surface area (TPSA) is 73.5 Å². The van der Waals surface area contributed by atoms with Crippen LogP contribution in [0.25, 0.3) is 5.69 Å². The maximum atomic E-state index is 10.7. The highest BCUT2D eigenvalue weighted by atomic mass is 32.1. The van der Waals surface area contributed by atoms with Crippen LogP contribution in [0.4, 0.5) is 5.69 Å². The minimum Gasteiger partial charge on any atom is -0.508 e. The molecule has 1 aliphatic heterocycles. The maximum absolute atomic E-state index is 10.7. The molecule has 2 aromatic carbocycles. The van der Waals surface area contributed by atoms with E-state index in [4.69, 9.17) is 12.2 Å². The minimum atomic E-state index is -0.224. The number of aromatic hydroxyl groups is 2. The van der Waals surface area contributed by atoms with Gasteiger partial charge in [-0.3, -0.25) is 4.98 Å². The van der Waals surface area contributed by atoms with E-state index in [2.05, 4.69) is 34.8 Å². The van der Waals surface area contributed by atoms with Crippen molar-refractivity contribution in [3.05, 3.63) is 102 Å².